The molecule has 0 unspecified atom stereocenters. The predicted molar refractivity (Wildman–Crippen MR) is 114 cm³/mol. The van der Waals surface area contributed by atoms with Gasteiger partial charge in [-0.3, -0.25) is 0 Å². The summed E-state index contributed by atoms with van der Waals surface area (Å²) in [5.74, 6) is 3.09. The minimum Gasteiger partial charge on any atom is -0.493 e. The van der Waals surface area contributed by atoms with Gasteiger partial charge in [0.15, 0.2) is 15.9 Å². The van der Waals surface area contributed by atoms with E-state index in [0.717, 1.165) is 0 Å². The van der Waals surface area contributed by atoms with Crippen LogP contribution in [-0.4, -0.2) is 23.1 Å². The van der Waals surface area contributed by atoms with E-state index in [2.05, 4.69) is 111 Å². The third-order valence-corrected chi connectivity index (χ3v) is 4.87. The fourth-order valence-corrected chi connectivity index (χ4v) is 2.75. The lowest BCUT2D eigenvalue weighted by atomic mass is 10.3. The third-order valence-electron chi connectivity index (χ3n) is 2.62. The van der Waals surface area contributed by atoms with Crippen molar-refractivity contribution in [3.8, 4) is 5.75 Å². The highest BCUT2D eigenvalue weighted by Gasteiger charge is 2.35. The molecule has 2 rings (SSSR count). The SMILES string of the molecule is COc1ccoc1CC=C1N=C(C(Br)(Br)Br)NC(C(Br)(Br)Br)=N1. The standard InChI is InChI=1S/C12H9Br6N3O2/c1-22-6-4-5-23-7(6)2-3-8-19-9(11(13,14)15)21-10(20-8)12(16,17)18/h3-5H,2H2,1H3,(H,19,20,21). The lowest BCUT2D eigenvalue weighted by molar-refractivity contribution is 0.394. The minimum atomic E-state index is -0.700. The van der Waals surface area contributed by atoms with Gasteiger partial charge in [0.1, 0.15) is 17.4 Å². The van der Waals surface area contributed by atoms with E-state index >= 15 is 0 Å². The van der Waals surface area contributed by atoms with E-state index in [9.17, 15) is 0 Å². The van der Waals surface area contributed by atoms with Gasteiger partial charge in [-0.2, -0.15) is 0 Å². The van der Waals surface area contributed by atoms with Gasteiger partial charge in [-0.1, -0.05) is 95.6 Å². The number of aliphatic imine (C=N–C) groups is 2. The second-order valence-corrected chi connectivity index (χ2v) is 17.7. The summed E-state index contributed by atoms with van der Waals surface area (Å²) in [5, 5.41) is 3.11. The second kappa shape index (κ2) is 8.03. The zero-order chi connectivity index (χ0) is 17.3. The van der Waals surface area contributed by atoms with Crippen molar-refractivity contribution in [2.45, 2.75) is 10.7 Å². The van der Waals surface area contributed by atoms with Crippen LogP contribution >= 0.6 is 95.6 Å². The topological polar surface area (TPSA) is 59.1 Å². The molecule has 0 spiro atoms. The lowest BCUT2D eigenvalue weighted by Gasteiger charge is -2.26. The first kappa shape index (κ1) is 20.2. The van der Waals surface area contributed by atoms with Gasteiger partial charge in [0.25, 0.3) is 0 Å². The highest BCUT2D eigenvalue weighted by atomic mass is 80.0. The molecule has 0 saturated carbocycles. The van der Waals surface area contributed by atoms with Gasteiger partial charge in [-0.05, 0) is 6.08 Å². The van der Waals surface area contributed by atoms with Gasteiger partial charge in [0, 0.05) is 12.5 Å². The predicted octanol–water partition coefficient (Wildman–Crippen LogP) is 5.75. The summed E-state index contributed by atoms with van der Waals surface area (Å²) in [6, 6.07) is 1.76. The monoisotopic (exact) mass is 701 g/mol. The van der Waals surface area contributed by atoms with Crippen LogP contribution in [0.2, 0.25) is 0 Å². The van der Waals surface area contributed by atoms with Crippen molar-refractivity contribution in [3.05, 3.63) is 30.0 Å². The van der Waals surface area contributed by atoms with Gasteiger partial charge < -0.3 is 14.5 Å². The van der Waals surface area contributed by atoms with E-state index in [1.54, 1.807) is 19.4 Å². The Hall–Kier alpha value is 0.840. The van der Waals surface area contributed by atoms with Gasteiger partial charge in [0.2, 0.25) is 0 Å². The number of furan rings is 1. The maximum Gasteiger partial charge on any atom is 0.192 e. The molecular formula is C12H9Br6N3O2. The fourth-order valence-electron chi connectivity index (χ4n) is 1.63. The van der Waals surface area contributed by atoms with Crippen LogP contribution in [0.5, 0.6) is 5.75 Å². The van der Waals surface area contributed by atoms with Crippen molar-refractivity contribution in [3.63, 3.8) is 0 Å². The summed E-state index contributed by atoms with van der Waals surface area (Å²) in [5.41, 5.74) is 0. The maximum absolute atomic E-state index is 5.40. The Balaban J connectivity index is 2.33. The molecule has 1 aliphatic heterocycles. The first-order chi connectivity index (χ1) is 10.6. The van der Waals surface area contributed by atoms with Crippen molar-refractivity contribution >= 4 is 107 Å². The number of allylic oxidation sites excluding steroid dienone is 1. The van der Waals surface area contributed by atoms with E-state index in [4.69, 9.17) is 9.15 Å². The molecule has 0 aromatic carbocycles. The van der Waals surface area contributed by atoms with Crippen LogP contribution in [0.1, 0.15) is 5.76 Å². The summed E-state index contributed by atoms with van der Waals surface area (Å²) in [7, 11) is 1.60. The van der Waals surface area contributed by atoms with E-state index in [1.165, 1.54) is 0 Å². The molecule has 126 valence electrons. The first-order valence-corrected chi connectivity index (χ1v) is 10.8. The molecule has 1 aromatic heterocycles. The van der Waals surface area contributed by atoms with Crippen LogP contribution in [0, 0.1) is 0 Å². The summed E-state index contributed by atoms with van der Waals surface area (Å²) in [6.45, 7) is 0. The number of ether oxygens (including phenoxy) is 1. The number of methoxy groups -OCH3 is 1. The summed E-state index contributed by atoms with van der Waals surface area (Å²) in [6.07, 6.45) is 3.93. The quantitative estimate of drug-likeness (QED) is 0.408. The van der Waals surface area contributed by atoms with E-state index in [1.807, 2.05) is 6.08 Å². The van der Waals surface area contributed by atoms with E-state index in [-0.39, 0.29) is 0 Å². The average molecular weight is 707 g/mol. The molecule has 1 aromatic rings. The third kappa shape index (κ3) is 5.67. The highest BCUT2D eigenvalue weighted by Crippen LogP contribution is 2.39. The second-order valence-electron chi connectivity index (χ2n) is 4.22. The number of alkyl halides is 6. The Bertz CT molecular complexity index is 637. The van der Waals surface area contributed by atoms with Crippen LogP contribution in [0.25, 0.3) is 0 Å². The number of nitrogens with zero attached hydrogens (tertiary/aromatic N) is 2. The highest BCUT2D eigenvalue weighted by molar-refractivity contribution is 9.40. The Labute approximate surface area is 183 Å². The van der Waals surface area contributed by atoms with Crippen molar-refractivity contribution < 1.29 is 9.15 Å². The molecule has 23 heavy (non-hydrogen) atoms. The number of hydrogen-bond acceptors (Lipinski definition) is 5. The molecule has 1 aliphatic rings. The van der Waals surface area contributed by atoms with E-state index < -0.39 is 4.29 Å². The molecule has 0 atom stereocenters. The molecule has 1 N–H and O–H groups in total. The van der Waals surface area contributed by atoms with Crippen molar-refractivity contribution in [2.24, 2.45) is 9.98 Å². The Morgan fingerprint density at radius 2 is 1.70 bits per heavy atom. The first-order valence-electron chi connectivity index (χ1n) is 6.00. The number of hydrogen-bond donors (Lipinski definition) is 1. The summed E-state index contributed by atoms with van der Waals surface area (Å²) in [4.78, 5) is 8.93. The largest absolute Gasteiger partial charge is 0.493 e. The summed E-state index contributed by atoms with van der Waals surface area (Å²) >= 11 is 20.7. The molecule has 5 nitrogen and oxygen atoms in total. The van der Waals surface area contributed by atoms with Gasteiger partial charge in [0.05, 0.1) is 13.4 Å². The zero-order valence-corrected chi connectivity index (χ0v) is 20.9. The number of halogens is 6. The molecule has 0 aliphatic carbocycles. The van der Waals surface area contributed by atoms with Crippen molar-refractivity contribution in [1.82, 2.24) is 5.32 Å². The van der Waals surface area contributed by atoms with Crippen LogP contribution < -0.4 is 10.1 Å². The summed E-state index contributed by atoms with van der Waals surface area (Å²) < 4.78 is 9.22. The van der Waals surface area contributed by atoms with Crippen molar-refractivity contribution in [2.75, 3.05) is 7.11 Å². The Kier molecular flexibility index (Phi) is 7.03. The van der Waals surface area contributed by atoms with Gasteiger partial charge in [-0.25, -0.2) is 9.98 Å². The maximum atomic E-state index is 5.40. The van der Waals surface area contributed by atoms with Crippen LogP contribution in [0.4, 0.5) is 0 Å². The van der Waals surface area contributed by atoms with Crippen LogP contribution in [0.15, 0.2) is 38.6 Å². The van der Waals surface area contributed by atoms with Gasteiger partial charge in [-0.15, -0.1) is 0 Å². The lowest BCUT2D eigenvalue weighted by Crippen LogP contribution is -2.45. The number of nitrogens with one attached hydrogen (secondary N) is 1. The normalized spacial score (nSPS) is 15.7. The van der Waals surface area contributed by atoms with E-state index in [0.29, 0.717) is 35.4 Å². The number of rotatable bonds is 3. The zero-order valence-electron chi connectivity index (χ0n) is 11.4. The molecular weight excluding hydrogens is 698 g/mol. The van der Waals surface area contributed by atoms with Gasteiger partial charge >= 0.3 is 0 Å². The molecule has 0 bridgehead atoms. The average Bonchev–Trinajstić information content (AvgIpc) is 2.90. The molecule has 0 radical (unpaired) electrons. The number of amidine groups is 2. The molecule has 2 heterocycles. The Morgan fingerprint density at radius 3 is 2.17 bits per heavy atom. The smallest absolute Gasteiger partial charge is 0.192 e. The Morgan fingerprint density at radius 1 is 1.13 bits per heavy atom. The van der Waals surface area contributed by atoms with Crippen molar-refractivity contribution in [1.29, 1.82) is 0 Å². The minimum absolute atomic E-state index is 0.499. The molecule has 0 saturated heterocycles. The molecule has 0 fully saturated rings. The van der Waals surface area contributed by atoms with Crippen LogP contribution in [-0.2, 0) is 6.42 Å². The molecule has 11 heteroatoms. The fraction of sp³-hybridized carbons (Fsp3) is 0.333. The molecule has 0 amide bonds. The van der Waals surface area contributed by atoms with Crippen LogP contribution in [0.3, 0.4) is 0 Å².